The molecule has 104 valence electrons. The third-order valence-corrected chi connectivity index (χ3v) is 5.18. The molecule has 2 aromatic rings. The third-order valence-electron chi connectivity index (χ3n) is 3.31. The molecule has 0 aliphatic carbocycles. The molecule has 1 aromatic heterocycles. The van der Waals surface area contributed by atoms with Crippen LogP contribution < -0.4 is 4.90 Å². The van der Waals surface area contributed by atoms with Crippen molar-refractivity contribution in [2.75, 3.05) is 17.2 Å². The maximum atomic E-state index is 12.0. The quantitative estimate of drug-likeness (QED) is 0.834. The first kappa shape index (κ1) is 14.1. The topological polar surface area (TPSA) is 33.2 Å². The molecule has 1 aliphatic heterocycles. The normalized spacial score (nSPS) is 18.8. The lowest BCUT2D eigenvalue weighted by Gasteiger charge is -2.11. The summed E-state index contributed by atoms with van der Waals surface area (Å²) in [5.74, 6) is 1.23. The monoisotopic (exact) mass is 368 g/mol. The van der Waals surface area contributed by atoms with Crippen molar-refractivity contribution in [3.8, 4) is 11.3 Å². The summed E-state index contributed by atoms with van der Waals surface area (Å²) in [5, 5.41) is 2.78. The fourth-order valence-corrected chi connectivity index (χ4v) is 3.76. The zero-order chi connectivity index (χ0) is 14.1. The predicted molar refractivity (Wildman–Crippen MR) is 89.6 cm³/mol. The highest BCUT2D eigenvalue weighted by atomic mass is 79.9. The zero-order valence-electron chi connectivity index (χ0n) is 10.6. The van der Waals surface area contributed by atoms with Crippen molar-refractivity contribution in [2.45, 2.75) is 6.42 Å². The third kappa shape index (κ3) is 2.77. The van der Waals surface area contributed by atoms with Crippen molar-refractivity contribution < 1.29 is 4.79 Å². The van der Waals surface area contributed by atoms with Crippen molar-refractivity contribution in [1.82, 2.24) is 4.98 Å². The second-order valence-electron chi connectivity index (χ2n) is 4.78. The standard InChI is InChI=1S/C14H13BrN2OS2/c15-11-3-1-2-10(5-11)12-8-20-14(16-12)17-6-9(7-19)4-13(17)18/h1-3,5,8-9,19H,4,6-7H2. The number of carbonyl (C=O) groups is 1. The Kier molecular flexibility index (Phi) is 4.14. The van der Waals surface area contributed by atoms with Crippen LogP contribution in [0, 0.1) is 5.92 Å². The number of thiazole rings is 1. The molecule has 2 heterocycles. The molecule has 1 fully saturated rings. The van der Waals surface area contributed by atoms with Crippen LogP contribution in [0.1, 0.15) is 6.42 Å². The number of amides is 1. The van der Waals surface area contributed by atoms with Gasteiger partial charge in [-0.15, -0.1) is 11.3 Å². The molecule has 6 heteroatoms. The average Bonchev–Trinajstić information content (AvgIpc) is 3.05. The molecule has 3 rings (SSSR count). The van der Waals surface area contributed by atoms with Gasteiger partial charge < -0.3 is 0 Å². The summed E-state index contributed by atoms with van der Waals surface area (Å²) < 4.78 is 1.02. The van der Waals surface area contributed by atoms with E-state index in [4.69, 9.17) is 0 Å². The summed E-state index contributed by atoms with van der Waals surface area (Å²) in [6.07, 6.45) is 0.579. The summed E-state index contributed by atoms with van der Waals surface area (Å²) in [5.41, 5.74) is 1.97. The fourth-order valence-electron chi connectivity index (χ4n) is 2.26. The van der Waals surface area contributed by atoms with Crippen LogP contribution in [-0.4, -0.2) is 23.2 Å². The van der Waals surface area contributed by atoms with E-state index in [1.54, 1.807) is 4.90 Å². The van der Waals surface area contributed by atoms with Gasteiger partial charge in [0.25, 0.3) is 0 Å². The van der Waals surface area contributed by atoms with Crippen molar-refractivity contribution in [1.29, 1.82) is 0 Å². The second-order valence-corrected chi connectivity index (χ2v) is 6.90. The second kappa shape index (κ2) is 5.87. The van der Waals surface area contributed by atoms with Crippen LogP contribution in [0.25, 0.3) is 11.3 Å². The maximum absolute atomic E-state index is 12.0. The van der Waals surface area contributed by atoms with E-state index in [2.05, 4.69) is 33.5 Å². The molecule has 1 saturated heterocycles. The molecule has 0 bridgehead atoms. The Morgan fingerprint density at radius 2 is 2.35 bits per heavy atom. The van der Waals surface area contributed by atoms with E-state index in [-0.39, 0.29) is 5.91 Å². The van der Waals surface area contributed by atoms with Crippen LogP contribution in [0.3, 0.4) is 0 Å². The molecular formula is C14H13BrN2OS2. The summed E-state index contributed by atoms with van der Waals surface area (Å²) in [6, 6.07) is 8.02. The van der Waals surface area contributed by atoms with Crippen LogP contribution in [0.2, 0.25) is 0 Å². The highest BCUT2D eigenvalue weighted by molar-refractivity contribution is 9.10. The van der Waals surface area contributed by atoms with E-state index < -0.39 is 0 Å². The molecule has 3 nitrogen and oxygen atoms in total. The molecular weight excluding hydrogens is 356 g/mol. The minimum atomic E-state index is 0.152. The number of rotatable bonds is 3. The van der Waals surface area contributed by atoms with Gasteiger partial charge in [-0.1, -0.05) is 28.1 Å². The number of benzene rings is 1. The Labute approximate surface area is 135 Å². The number of halogens is 1. The van der Waals surface area contributed by atoms with Crippen LogP contribution in [-0.2, 0) is 4.79 Å². The number of anilines is 1. The molecule has 1 aromatic carbocycles. The first-order valence-electron chi connectivity index (χ1n) is 6.30. The van der Waals surface area contributed by atoms with Gasteiger partial charge in [0.1, 0.15) is 0 Å². The summed E-state index contributed by atoms with van der Waals surface area (Å²) in [4.78, 5) is 18.4. The number of hydrogen-bond donors (Lipinski definition) is 1. The summed E-state index contributed by atoms with van der Waals surface area (Å²) in [7, 11) is 0. The lowest BCUT2D eigenvalue weighted by molar-refractivity contribution is -0.117. The number of thiol groups is 1. The van der Waals surface area contributed by atoms with Crippen LogP contribution in [0.15, 0.2) is 34.1 Å². The van der Waals surface area contributed by atoms with Crippen molar-refractivity contribution >= 4 is 50.9 Å². The Hall–Kier alpha value is -0.850. The first-order chi connectivity index (χ1) is 9.67. The maximum Gasteiger partial charge on any atom is 0.229 e. The van der Waals surface area contributed by atoms with Crippen molar-refractivity contribution in [2.24, 2.45) is 5.92 Å². The van der Waals surface area contributed by atoms with E-state index >= 15 is 0 Å². The predicted octanol–water partition coefficient (Wildman–Crippen LogP) is 3.86. The lowest BCUT2D eigenvalue weighted by Crippen LogP contribution is -2.24. The van der Waals surface area contributed by atoms with E-state index in [0.29, 0.717) is 12.3 Å². The minimum absolute atomic E-state index is 0.152. The number of carbonyl (C=O) groups excluding carboxylic acids is 1. The van der Waals surface area contributed by atoms with Gasteiger partial charge in [0.05, 0.1) is 5.69 Å². The Morgan fingerprint density at radius 3 is 3.05 bits per heavy atom. The molecule has 0 saturated carbocycles. The summed E-state index contributed by atoms with van der Waals surface area (Å²) in [6.45, 7) is 0.730. The van der Waals surface area contributed by atoms with Gasteiger partial charge in [-0.3, -0.25) is 9.69 Å². The highest BCUT2D eigenvalue weighted by Gasteiger charge is 2.31. The fraction of sp³-hybridized carbons (Fsp3) is 0.286. The molecule has 0 N–H and O–H groups in total. The van der Waals surface area contributed by atoms with Gasteiger partial charge in [0.15, 0.2) is 5.13 Å². The Bertz CT molecular complexity index is 644. The lowest BCUT2D eigenvalue weighted by atomic mass is 10.1. The largest absolute Gasteiger partial charge is 0.288 e. The molecule has 20 heavy (non-hydrogen) atoms. The highest BCUT2D eigenvalue weighted by Crippen LogP contribution is 2.32. The number of hydrogen-bond acceptors (Lipinski definition) is 4. The van der Waals surface area contributed by atoms with Gasteiger partial charge >= 0.3 is 0 Å². The van der Waals surface area contributed by atoms with Gasteiger partial charge in [0.2, 0.25) is 5.91 Å². The van der Waals surface area contributed by atoms with Gasteiger partial charge in [-0.2, -0.15) is 12.6 Å². The Balaban J connectivity index is 1.86. The van der Waals surface area contributed by atoms with Crippen molar-refractivity contribution in [3.05, 3.63) is 34.1 Å². The van der Waals surface area contributed by atoms with Gasteiger partial charge in [-0.05, 0) is 23.8 Å². The van der Waals surface area contributed by atoms with Crippen LogP contribution in [0.4, 0.5) is 5.13 Å². The first-order valence-corrected chi connectivity index (χ1v) is 8.60. The molecule has 1 amide bonds. The molecule has 1 unspecified atom stereocenters. The molecule has 0 spiro atoms. The van der Waals surface area contributed by atoms with Gasteiger partial charge in [-0.25, -0.2) is 4.98 Å². The van der Waals surface area contributed by atoms with Crippen LogP contribution in [0.5, 0.6) is 0 Å². The smallest absolute Gasteiger partial charge is 0.229 e. The van der Waals surface area contributed by atoms with E-state index in [9.17, 15) is 4.79 Å². The SMILES string of the molecule is O=C1CC(CS)CN1c1nc(-c2cccc(Br)c2)cs1. The van der Waals surface area contributed by atoms with Crippen molar-refractivity contribution in [3.63, 3.8) is 0 Å². The van der Waals surface area contributed by atoms with Crippen LogP contribution >= 0.6 is 39.9 Å². The molecule has 1 atom stereocenters. The zero-order valence-corrected chi connectivity index (χ0v) is 13.9. The van der Waals surface area contributed by atoms with Gasteiger partial charge in [0, 0.05) is 28.4 Å². The number of nitrogens with zero attached hydrogens (tertiary/aromatic N) is 2. The Morgan fingerprint density at radius 1 is 1.50 bits per heavy atom. The summed E-state index contributed by atoms with van der Waals surface area (Å²) >= 11 is 9.26. The van der Waals surface area contributed by atoms with E-state index in [1.165, 1.54) is 11.3 Å². The van der Waals surface area contributed by atoms with E-state index in [0.717, 1.165) is 33.2 Å². The van der Waals surface area contributed by atoms with E-state index in [1.807, 2.05) is 29.6 Å². The average molecular weight is 369 g/mol. The molecule has 1 aliphatic rings. The number of aromatic nitrogens is 1. The minimum Gasteiger partial charge on any atom is -0.288 e. The molecule has 0 radical (unpaired) electrons.